The van der Waals surface area contributed by atoms with Crippen molar-refractivity contribution in [2.24, 2.45) is 11.7 Å². The van der Waals surface area contributed by atoms with Crippen LogP contribution in [-0.2, 0) is 4.79 Å². The molecule has 3 atom stereocenters. The monoisotopic (exact) mass is 253 g/mol. The van der Waals surface area contributed by atoms with Gasteiger partial charge in [0, 0.05) is 13.1 Å². The Labute approximate surface area is 110 Å². The third kappa shape index (κ3) is 2.86. The van der Waals surface area contributed by atoms with Gasteiger partial charge < -0.3 is 11.1 Å². The van der Waals surface area contributed by atoms with E-state index in [4.69, 9.17) is 5.73 Å². The van der Waals surface area contributed by atoms with E-state index < -0.39 is 0 Å². The number of likely N-dealkylation sites (N-methyl/N-ethyl adjacent to an activating group) is 1. The number of likely N-dealkylation sites (tertiary alicyclic amines) is 1. The molecule has 2 fully saturated rings. The zero-order chi connectivity index (χ0) is 13.0. The lowest BCUT2D eigenvalue weighted by molar-refractivity contribution is -0.126. The molecule has 4 nitrogen and oxygen atoms in total. The lowest BCUT2D eigenvalue weighted by Gasteiger charge is -2.36. The standard InChI is InChI=1S/C14H27N3O/c1-16-14(18)13-8-5-9-17(13)12-7-4-2-3-6-11(12)10-15/h11-13H,2-10,15H2,1H3,(H,16,18). The van der Waals surface area contributed by atoms with Crippen LogP contribution in [0.4, 0.5) is 0 Å². The molecule has 1 saturated carbocycles. The van der Waals surface area contributed by atoms with Crippen LogP contribution in [0.1, 0.15) is 44.9 Å². The van der Waals surface area contributed by atoms with Crippen LogP contribution in [0.25, 0.3) is 0 Å². The van der Waals surface area contributed by atoms with Gasteiger partial charge in [-0.25, -0.2) is 0 Å². The highest BCUT2D eigenvalue weighted by Crippen LogP contribution is 2.31. The number of carbonyl (C=O) groups is 1. The lowest BCUT2D eigenvalue weighted by atomic mass is 9.93. The molecule has 18 heavy (non-hydrogen) atoms. The third-order valence-electron chi connectivity index (χ3n) is 4.69. The van der Waals surface area contributed by atoms with E-state index in [1.54, 1.807) is 7.05 Å². The van der Waals surface area contributed by atoms with Crippen molar-refractivity contribution in [1.29, 1.82) is 0 Å². The molecule has 104 valence electrons. The van der Waals surface area contributed by atoms with Gasteiger partial charge in [-0.2, -0.15) is 0 Å². The van der Waals surface area contributed by atoms with Crippen LogP contribution in [0.3, 0.4) is 0 Å². The second kappa shape index (κ2) is 6.53. The normalized spacial score (nSPS) is 34.2. The summed E-state index contributed by atoms with van der Waals surface area (Å²) in [5.74, 6) is 0.769. The van der Waals surface area contributed by atoms with Crippen molar-refractivity contribution in [1.82, 2.24) is 10.2 Å². The van der Waals surface area contributed by atoms with Gasteiger partial charge in [-0.05, 0) is 44.7 Å². The van der Waals surface area contributed by atoms with Crippen molar-refractivity contribution < 1.29 is 4.79 Å². The number of rotatable bonds is 3. The molecule has 3 N–H and O–H groups in total. The first-order valence-electron chi connectivity index (χ1n) is 7.45. The molecule has 1 amide bonds. The summed E-state index contributed by atoms with van der Waals surface area (Å²) >= 11 is 0. The summed E-state index contributed by atoms with van der Waals surface area (Å²) < 4.78 is 0. The Morgan fingerprint density at radius 2 is 2.00 bits per heavy atom. The Kier molecular flexibility index (Phi) is 5.01. The zero-order valence-corrected chi connectivity index (χ0v) is 11.5. The third-order valence-corrected chi connectivity index (χ3v) is 4.69. The maximum atomic E-state index is 12.0. The first-order chi connectivity index (χ1) is 8.77. The highest BCUT2D eigenvalue weighted by Gasteiger charge is 2.38. The highest BCUT2D eigenvalue weighted by molar-refractivity contribution is 5.81. The minimum Gasteiger partial charge on any atom is -0.358 e. The number of amides is 1. The second-order valence-corrected chi connectivity index (χ2v) is 5.71. The molecule has 1 aliphatic carbocycles. The molecule has 0 bridgehead atoms. The first kappa shape index (κ1) is 13.8. The van der Waals surface area contributed by atoms with Gasteiger partial charge in [0.1, 0.15) is 0 Å². The quantitative estimate of drug-likeness (QED) is 0.741. The fourth-order valence-corrected chi connectivity index (χ4v) is 3.71. The zero-order valence-electron chi connectivity index (χ0n) is 11.5. The summed E-state index contributed by atoms with van der Waals surface area (Å²) in [6.07, 6.45) is 8.52. The van der Waals surface area contributed by atoms with Gasteiger partial charge in [0.05, 0.1) is 6.04 Å². The fourth-order valence-electron chi connectivity index (χ4n) is 3.71. The molecule has 2 aliphatic rings. The van der Waals surface area contributed by atoms with Crippen molar-refractivity contribution in [3.63, 3.8) is 0 Å². The van der Waals surface area contributed by atoms with E-state index in [1.807, 2.05) is 0 Å². The Bertz CT molecular complexity index is 282. The van der Waals surface area contributed by atoms with Gasteiger partial charge in [-0.1, -0.05) is 19.3 Å². The van der Waals surface area contributed by atoms with Crippen molar-refractivity contribution in [3.8, 4) is 0 Å². The van der Waals surface area contributed by atoms with E-state index in [1.165, 1.54) is 32.1 Å². The Hall–Kier alpha value is -0.610. The molecule has 0 aromatic carbocycles. The molecule has 1 aliphatic heterocycles. The molecule has 3 unspecified atom stereocenters. The van der Waals surface area contributed by atoms with Gasteiger partial charge >= 0.3 is 0 Å². The number of hydrogen-bond donors (Lipinski definition) is 2. The number of hydrogen-bond acceptors (Lipinski definition) is 3. The Balaban J connectivity index is 2.08. The minimum atomic E-state index is 0.0900. The molecule has 2 rings (SSSR count). The largest absolute Gasteiger partial charge is 0.358 e. The summed E-state index contributed by atoms with van der Waals surface area (Å²) in [6.45, 7) is 1.83. The van der Waals surface area contributed by atoms with Crippen molar-refractivity contribution in [2.75, 3.05) is 20.1 Å². The summed E-state index contributed by atoms with van der Waals surface area (Å²) in [4.78, 5) is 14.4. The summed E-state index contributed by atoms with van der Waals surface area (Å²) in [5, 5.41) is 2.81. The molecule has 0 radical (unpaired) electrons. The summed E-state index contributed by atoms with van der Waals surface area (Å²) in [5.41, 5.74) is 5.96. The average molecular weight is 253 g/mol. The van der Waals surface area contributed by atoms with E-state index in [2.05, 4.69) is 10.2 Å². The van der Waals surface area contributed by atoms with Crippen LogP contribution >= 0.6 is 0 Å². The average Bonchev–Trinajstić information content (AvgIpc) is 2.76. The fraction of sp³-hybridized carbons (Fsp3) is 0.929. The molecule has 0 aromatic rings. The maximum Gasteiger partial charge on any atom is 0.237 e. The lowest BCUT2D eigenvalue weighted by Crippen LogP contribution is -2.50. The van der Waals surface area contributed by atoms with Gasteiger partial charge in [-0.15, -0.1) is 0 Å². The van der Waals surface area contributed by atoms with E-state index in [0.717, 1.165) is 25.9 Å². The predicted molar refractivity (Wildman–Crippen MR) is 73.2 cm³/mol. The molecule has 1 saturated heterocycles. The van der Waals surface area contributed by atoms with Crippen molar-refractivity contribution in [2.45, 2.75) is 57.0 Å². The number of carbonyl (C=O) groups excluding carboxylic acids is 1. The van der Waals surface area contributed by atoms with E-state index in [0.29, 0.717) is 12.0 Å². The van der Waals surface area contributed by atoms with E-state index in [-0.39, 0.29) is 11.9 Å². The van der Waals surface area contributed by atoms with Gasteiger partial charge in [0.15, 0.2) is 0 Å². The molecular formula is C14H27N3O. The second-order valence-electron chi connectivity index (χ2n) is 5.71. The molecule has 1 heterocycles. The highest BCUT2D eigenvalue weighted by atomic mass is 16.2. The number of nitrogens with two attached hydrogens (primary N) is 1. The van der Waals surface area contributed by atoms with Crippen molar-refractivity contribution >= 4 is 5.91 Å². The van der Waals surface area contributed by atoms with E-state index >= 15 is 0 Å². The predicted octanol–water partition coefficient (Wildman–Crippen LogP) is 1.10. The van der Waals surface area contributed by atoms with Crippen LogP contribution in [0.15, 0.2) is 0 Å². The minimum absolute atomic E-state index is 0.0900. The Morgan fingerprint density at radius 1 is 1.22 bits per heavy atom. The van der Waals surface area contributed by atoms with Gasteiger partial charge in [0.2, 0.25) is 5.91 Å². The van der Waals surface area contributed by atoms with E-state index in [9.17, 15) is 4.79 Å². The first-order valence-corrected chi connectivity index (χ1v) is 7.45. The number of nitrogens with zero attached hydrogens (tertiary/aromatic N) is 1. The Morgan fingerprint density at radius 3 is 2.72 bits per heavy atom. The van der Waals surface area contributed by atoms with Crippen LogP contribution < -0.4 is 11.1 Å². The smallest absolute Gasteiger partial charge is 0.237 e. The molecule has 0 spiro atoms. The molecule has 0 aromatic heterocycles. The maximum absolute atomic E-state index is 12.0. The van der Waals surface area contributed by atoms with Gasteiger partial charge in [0.25, 0.3) is 0 Å². The van der Waals surface area contributed by atoms with Crippen molar-refractivity contribution in [3.05, 3.63) is 0 Å². The molecular weight excluding hydrogens is 226 g/mol. The van der Waals surface area contributed by atoms with Crippen LogP contribution in [0, 0.1) is 5.92 Å². The SMILES string of the molecule is CNC(=O)C1CCCN1C1CCCCCC1CN. The van der Waals surface area contributed by atoms with Crippen LogP contribution in [-0.4, -0.2) is 43.0 Å². The molecule has 4 heteroatoms. The van der Waals surface area contributed by atoms with Gasteiger partial charge in [-0.3, -0.25) is 9.69 Å². The summed E-state index contributed by atoms with van der Waals surface area (Å²) in [7, 11) is 1.74. The van der Waals surface area contributed by atoms with Crippen LogP contribution in [0.2, 0.25) is 0 Å². The summed E-state index contributed by atoms with van der Waals surface area (Å²) in [6, 6.07) is 0.620. The topological polar surface area (TPSA) is 58.4 Å². The van der Waals surface area contributed by atoms with Crippen LogP contribution in [0.5, 0.6) is 0 Å². The number of nitrogens with one attached hydrogen (secondary N) is 1.